The van der Waals surface area contributed by atoms with E-state index in [4.69, 9.17) is 4.42 Å². The van der Waals surface area contributed by atoms with Crippen LogP contribution in [0.25, 0.3) is 27.9 Å². The number of halogens is 1. The van der Waals surface area contributed by atoms with E-state index in [-0.39, 0.29) is 4.90 Å². The van der Waals surface area contributed by atoms with Crippen molar-refractivity contribution < 1.29 is 12.8 Å². The van der Waals surface area contributed by atoms with Gasteiger partial charge in [-0.05, 0) is 49.4 Å². The van der Waals surface area contributed by atoms with Crippen molar-refractivity contribution >= 4 is 48.3 Å². The Kier molecular flexibility index (Phi) is 5.36. The molecule has 3 aromatic carbocycles. The highest BCUT2D eigenvalue weighted by molar-refractivity contribution is 9.10. The van der Waals surface area contributed by atoms with Crippen molar-refractivity contribution in [2.75, 3.05) is 0 Å². The Balaban J connectivity index is 1.79. The summed E-state index contributed by atoms with van der Waals surface area (Å²) in [5.74, 6) is 0.760. The van der Waals surface area contributed by atoms with Crippen LogP contribution in [0.1, 0.15) is 5.76 Å². The van der Waals surface area contributed by atoms with Gasteiger partial charge in [-0.25, -0.2) is 0 Å². The van der Waals surface area contributed by atoms with Crippen LogP contribution < -0.4 is 4.80 Å². The van der Waals surface area contributed by atoms with Crippen LogP contribution in [0.5, 0.6) is 0 Å². The molecular weight excluding hydrogens is 508 g/mol. The molecule has 0 aliphatic heterocycles. The summed E-state index contributed by atoms with van der Waals surface area (Å²) in [6.45, 7) is 1.91. The predicted octanol–water partition coefficient (Wildman–Crippen LogP) is 6.31. The van der Waals surface area contributed by atoms with Crippen LogP contribution in [0.3, 0.4) is 0 Å². The summed E-state index contributed by atoms with van der Waals surface area (Å²) in [6, 6.07) is 23.9. The van der Waals surface area contributed by atoms with E-state index >= 15 is 0 Å². The SMILES string of the molecule is Cc1oc2ccccc2c1-c1cs/c(=N/S(=O)(=O)c2ccc(Br)cc2)n1-c1ccccc1. The van der Waals surface area contributed by atoms with Crippen LogP contribution in [0, 0.1) is 6.92 Å². The second kappa shape index (κ2) is 8.20. The summed E-state index contributed by atoms with van der Waals surface area (Å²) in [5.41, 5.74) is 3.35. The third kappa shape index (κ3) is 3.74. The molecule has 0 bridgehead atoms. The first kappa shape index (κ1) is 20.9. The zero-order valence-electron chi connectivity index (χ0n) is 16.9. The summed E-state index contributed by atoms with van der Waals surface area (Å²) >= 11 is 4.61. The topological polar surface area (TPSA) is 64.6 Å². The second-order valence-electron chi connectivity index (χ2n) is 7.12. The minimum Gasteiger partial charge on any atom is -0.461 e. The normalized spacial score (nSPS) is 12.5. The highest BCUT2D eigenvalue weighted by atomic mass is 79.9. The Hall–Kier alpha value is -2.94. The molecular formula is C24H17BrN2O3S2. The fraction of sp³-hybridized carbons (Fsp3) is 0.0417. The van der Waals surface area contributed by atoms with Gasteiger partial charge in [0, 0.05) is 26.5 Å². The Labute approximate surface area is 197 Å². The highest BCUT2D eigenvalue weighted by Gasteiger charge is 2.20. The summed E-state index contributed by atoms with van der Waals surface area (Å²) in [4.78, 5) is 0.499. The van der Waals surface area contributed by atoms with E-state index in [0.29, 0.717) is 4.80 Å². The fourth-order valence-corrected chi connectivity index (χ4v) is 5.98. The number of sulfonamides is 1. The van der Waals surface area contributed by atoms with Gasteiger partial charge in [-0.3, -0.25) is 4.57 Å². The Morgan fingerprint density at radius 3 is 2.38 bits per heavy atom. The molecule has 0 aliphatic carbocycles. The zero-order chi connectivity index (χ0) is 22.3. The van der Waals surface area contributed by atoms with E-state index in [2.05, 4.69) is 20.3 Å². The number of hydrogen-bond donors (Lipinski definition) is 0. The molecule has 5 aromatic rings. The van der Waals surface area contributed by atoms with Gasteiger partial charge in [-0.15, -0.1) is 15.7 Å². The molecule has 0 aliphatic rings. The van der Waals surface area contributed by atoms with E-state index in [9.17, 15) is 8.42 Å². The molecule has 5 nitrogen and oxygen atoms in total. The number of fused-ring (bicyclic) bond motifs is 1. The van der Waals surface area contributed by atoms with Gasteiger partial charge in [-0.1, -0.05) is 52.3 Å². The van der Waals surface area contributed by atoms with Crippen molar-refractivity contribution in [3.8, 4) is 16.9 Å². The van der Waals surface area contributed by atoms with Crippen molar-refractivity contribution in [2.24, 2.45) is 4.40 Å². The number of para-hydroxylation sites is 2. The Morgan fingerprint density at radius 1 is 0.938 bits per heavy atom. The van der Waals surface area contributed by atoms with E-state index in [1.165, 1.54) is 23.5 Å². The number of benzene rings is 3. The van der Waals surface area contributed by atoms with Crippen LogP contribution in [-0.2, 0) is 10.0 Å². The molecule has 2 aromatic heterocycles. The quantitative estimate of drug-likeness (QED) is 0.276. The minimum absolute atomic E-state index is 0.139. The zero-order valence-corrected chi connectivity index (χ0v) is 20.1. The van der Waals surface area contributed by atoms with Gasteiger partial charge in [0.15, 0.2) is 0 Å². The molecule has 160 valence electrons. The first-order valence-corrected chi connectivity index (χ1v) is 12.9. The average molecular weight is 525 g/mol. The maximum absolute atomic E-state index is 13.1. The van der Waals surface area contributed by atoms with Crippen molar-refractivity contribution in [1.82, 2.24) is 4.57 Å². The highest BCUT2D eigenvalue weighted by Crippen LogP contribution is 2.35. The molecule has 0 saturated heterocycles. The molecule has 5 rings (SSSR count). The van der Waals surface area contributed by atoms with Gasteiger partial charge in [0.05, 0.1) is 10.6 Å². The lowest BCUT2D eigenvalue weighted by atomic mass is 10.1. The molecule has 0 radical (unpaired) electrons. The molecule has 2 heterocycles. The van der Waals surface area contributed by atoms with Crippen molar-refractivity contribution in [2.45, 2.75) is 11.8 Å². The molecule has 0 N–H and O–H groups in total. The predicted molar refractivity (Wildman–Crippen MR) is 130 cm³/mol. The minimum atomic E-state index is -3.90. The van der Waals surface area contributed by atoms with Gasteiger partial charge >= 0.3 is 0 Å². The monoisotopic (exact) mass is 524 g/mol. The second-order valence-corrected chi connectivity index (χ2v) is 10.5. The number of nitrogens with zero attached hydrogens (tertiary/aromatic N) is 2. The first-order chi connectivity index (χ1) is 15.4. The largest absolute Gasteiger partial charge is 0.461 e. The van der Waals surface area contributed by atoms with Gasteiger partial charge in [-0.2, -0.15) is 8.42 Å². The fourth-order valence-electron chi connectivity index (χ4n) is 3.62. The van der Waals surface area contributed by atoms with Gasteiger partial charge in [0.25, 0.3) is 10.0 Å². The van der Waals surface area contributed by atoms with E-state index < -0.39 is 10.0 Å². The molecule has 0 spiro atoms. The van der Waals surface area contributed by atoms with Crippen LogP contribution in [0.2, 0.25) is 0 Å². The molecule has 32 heavy (non-hydrogen) atoms. The maximum atomic E-state index is 13.1. The molecule has 0 atom stereocenters. The van der Waals surface area contributed by atoms with E-state index in [1.807, 2.05) is 71.5 Å². The van der Waals surface area contributed by atoms with Gasteiger partial charge in [0.1, 0.15) is 11.3 Å². The van der Waals surface area contributed by atoms with Crippen LogP contribution in [-0.4, -0.2) is 13.0 Å². The summed E-state index contributed by atoms with van der Waals surface area (Å²) in [7, 11) is -3.90. The van der Waals surface area contributed by atoms with E-state index in [1.54, 1.807) is 12.1 Å². The Morgan fingerprint density at radius 2 is 1.62 bits per heavy atom. The van der Waals surface area contributed by atoms with Crippen LogP contribution >= 0.6 is 27.3 Å². The number of furan rings is 1. The smallest absolute Gasteiger partial charge is 0.285 e. The molecule has 0 amide bonds. The summed E-state index contributed by atoms with van der Waals surface area (Å²) in [6.07, 6.45) is 0. The molecule has 0 saturated carbocycles. The lowest BCUT2D eigenvalue weighted by molar-refractivity contribution is 0.579. The number of hydrogen-bond acceptors (Lipinski definition) is 4. The third-order valence-corrected chi connectivity index (χ3v) is 7.81. The maximum Gasteiger partial charge on any atom is 0.285 e. The standard InChI is InChI=1S/C24H17BrN2O3S2/c1-16-23(20-9-5-6-10-22(20)30-16)21-15-31-24(27(21)18-7-3-2-4-8-18)26-32(28,29)19-13-11-17(25)12-14-19/h2-15H,1H3/b26-24+. The van der Waals surface area contributed by atoms with E-state index in [0.717, 1.165) is 38.1 Å². The van der Waals surface area contributed by atoms with Crippen LogP contribution in [0.4, 0.5) is 0 Å². The summed E-state index contributed by atoms with van der Waals surface area (Å²) < 4.78 is 39.0. The molecule has 8 heteroatoms. The molecule has 0 fully saturated rings. The lowest BCUT2D eigenvalue weighted by Gasteiger charge is -2.09. The number of thiazole rings is 1. The average Bonchev–Trinajstić information content (AvgIpc) is 3.33. The number of aromatic nitrogens is 1. The van der Waals surface area contributed by atoms with Crippen molar-refractivity contribution in [3.05, 3.63) is 99.3 Å². The van der Waals surface area contributed by atoms with Gasteiger partial charge < -0.3 is 4.42 Å². The summed E-state index contributed by atoms with van der Waals surface area (Å²) in [5, 5.41) is 2.89. The number of rotatable bonds is 4. The molecule has 0 unspecified atom stereocenters. The van der Waals surface area contributed by atoms with Gasteiger partial charge in [0.2, 0.25) is 4.80 Å². The lowest BCUT2D eigenvalue weighted by Crippen LogP contribution is -2.16. The Bertz CT molecular complexity index is 1600. The van der Waals surface area contributed by atoms with Crippen molar-refractivity contribution in [1.29, 1.82) is 0 Å². The number of aryl methyl sites for hydroxylation is 1. The first-order valence-electron chi connectivity index (χ1n) is 9.75. The van der Waals surface area contributed by atoms with Crippen molar-refractivity contribution in [3.63, 3.8) is 0 Å². The van der Waals surface area contributed by atoms with Crippen LogP contribution in [0.15, 0.2) is 102 Å². The third-order valence-electron chi connectivity index (χ3n) is 5.06.